The fourth-order valence-corrected chi connectivity index (χ4v) is 1.35. The summed E-state index contributed by atoms with van der Waals surface area (Å²) < 4.78 is 4.93. The first-order valence-corrected chi connectivity index (χ1v) is 4.41. The Balaban J connectivity index is 2.45. The molecule has 2 N–H and O–H groups in total. The molecule has 1 aromatic heterocycles. The van der Waals surface area contributed by atoms with Gasteiger partial charge in [0.1, 0.15) is 5.52 Å². The summed E-state index contributed by atoms with van der Waals surface area (Å²) in [4.78, 5) is 24.8. The minimum Gasteiger partial charge on any atom is -0.481 e. The van der Waals surface area contributed by atoms with Gasteiger partial charge in [0.2, 0.25) is 0 Å². The van der Waals surface area contributed by atoms with Crippen molar-refractivity contribution in [2.24, 2.45) is 0 Å². The number of aromatic nitrogens is 1. The normalized spacial score (nSPS) is 10.5. The molecule has 0 aliphatic rings. The lowest BCUT2D eigenvalue weighted by Crippen LogP contribution is -1.99. The molecule has 0 unspecified atom stereocenters. The second kappa shape index (κ2) is 3.65. The molecule has 0 fully saturated rings. The topological polar surface area (TPSA) is 101 Å². The highest BCUT2D eigenvalue weighted by Crippen LogP contribution is 2.17. The Kier molecular flexibility index (Phi) is 2.32. The second-order valence-corrected chi connectivity index (χ2v) is 3.20. The number of carboxylic acids is 2. The number of hydrogen-bond acceptors (Lipinski definition) is 4. The number of aliphatic carboxylic acids is 1. The molecule has 16 heavy (non-hydrogen) atoms. The Hall–Kier alpha value is -2.37. The second-order valence-electron chi connectivity index (χ2n) is 3.20. The molecule has 82 valence electrons. The van der Waals surface area contributed by atoms with Crippen molar-refractivity contribution in [1.29, 1.82) is 0 Å². The number of aromatic carboxylic acids is 1. The zero-order valence-corrected chi connectivity index (χ0v) is 8.01. The van der Waals surface area contributed by atoms with Crippen LogP contribution in [0.1, 0.15) is 16.2 Å². The fraction of sp³-hybridized carbons (Fsp3) is 0.100. The number of benzene rings is 1. The summed E-state index contributed by atoms with van der Waals surface area (Å²) in [5, 5.41) is 17.2. The van der Waals surface area contributed by atoms with E-state index in [1.165, 1.54) is 12.1 Å². The lowest BCUT2D eigenvalue weighted by molar-refractivity contribution is -0.136. The van der Waals surface area contributed by atoms with Gasteiger partial charge in [-0.05, 0) is 17.7 Å². The van der Waals surface area contributed by atoms with E-state index >= 15 is 0 Å². The van der Waals surface area contributed by atoms with Crippen molar-refractivity contribution in [3.63, 3.8) is 0 Å². The van der Waals surface area contributed by atoms with Crippen molar-refractivity contribution in [2.75, 3.05) is 0 Å². The molecule has 0 atom stereocenters. The van der Waals surface area contributed by atoms with Gasteiger partial charge in [-0.2, -0.15) is 0 Å². The van der Waals surface area contributed by atoms with Gasteiger partial charge in [0, 0.05) is 0 Å². The Labute approximate surface area is 89.1 Å². The van der Waals surface area contributed by atoms with Crippen molar-refractivity contribution >= 4 is 23.0 Å². The van der Waals surface area contributed by atoms with Crippen molar-refractivity contribution in [2.45, 2.75) is 6.42 Å². The van der Waals surface area contributed by atoms with Crippen molar-refractivity contribution < 1.29 is 24.2 Å². The van der Waals surface area contributed by atoms with Gasteiger partial charge in [0.25, 0.3) is 0 Å². The van der Waals surface area contributed by atoms with Gasteiger partial charge in [-0.15, -0.1) is 0 Å². The molecular weight excluding hydrogens is 214 g/mol. The molecule has 0 radical (unpaired) electrons. The smallest absolute Gasteiger partial charge is 0.392 e. The summed E-state index contributed by atoms with van der Waals surface area (Å²) in [7, 11) is 0. The van der Waals surface area contributed by atoms with Crippen LogP contribution < -0.4 is 0 Å². The van der Waals surface area contributed by atoms with Crippen LogP contribution in [0.5, 0.6) is 0 Å². The summed E-state index contributed by atoms with van der Waals surface area (Å²) in [6.07, 6.45) is -0.134. The first kappa shape index (κ1) is 10.2. The first-order chi connectivity index (χ1) is 7.56. The fourth-order valence-electron chi connectivity index (χ4n) is 1.35. The largest absolute Gasteiger partial charge is 0.481 e. The van der Waals surface area contributed by atoms with Crippen molar-refractivity contribution in [3.8, 4) is 0 Å². The van der Waals surface area contributed by atoms with Crippen LogP contribution in [0.3, 0.4) is 0 Å². The Morgan fingerprint density at radius 2 is 2.06 bits per heavy atom. The highest BCUT2D eigenvalue weighted by Gasteiger charge is 2.13. The highest BCUT2D eigenvalue weighted by molar-refractivity contribution is 5.87. The Morgan fingerprint density at radius 3 is 2.69 bits per heavy atom. The number of hydrogen-bond donors (Lipinski definition) is 2. The Morgan fingerprint density at radius 1 is 1.31 bits per heavy atom. The Bertz CT molecular complexity index is 572. The molecule has 2 rings (SSSR count). The summed E-state index contributed by atoms with van der Waals surface area (Å²) in [6.45, 7) is 0. The third-order valence-electron chi connectivity index (χ3n) is 1.99. The van der Waals surface area contributed by atoms with Crippen molar-refractivity contribution in [1.82, 2.24) is 4.98 Å². The molecule has 6 nitrogen and oxygen atoms in total. The zero-order valence-electron chi connectivity index (χ0n) is 8.01. The van der Waals surface area contributed by atoms with Gasteiger partial charge >= 0.3 is 17.8 Å². The van der Waals surface area contributed by atoms with Gasteiger partial charge in [-0.25, -0.2) is 9.78 Å². The first-order valence-electron chi connectivity index (χ1n) is 4.41. The molecule has 0 aliphatic carbocycles. The monoisotopic (exact) mass is 221 g/mol. The summed E-state index contributed by atoms with van der Waals surface area (Å²) in [5.41, 5.74) is 1.22. The van der Waals surface area contributed by atoms with E-state index < -0.39 is 17.8 Å². The van der Waals surface area contributed by atoms with Gasteiger partial charge in [0.15, 0.2) is 5.58 Å². The van der Waals surface area contributed by atoms with Gasteiger partial charge in [-0.3, -0.25) is 4.79 Å². The molecule has 0 spiro atoms. The lowest BCUT2D eigenvalue weighted by Gasteiger charge is -1.94. The predicted molar refractivity (Wildman–Crippen MR) is 52.3 cm³/mol. The van der Waals surface area contributed by atoms with Crippen LogP contribution >= 0.6 is 0 Å². The van der Waals surface area contributed by atoms with Crippen LogP contribution in [0.15, 0.2) is 22.6 Å². The maximum atomic E-state index is 10.6. The maximum Gasteiger partial charge on any atom is 0.392 e. The number of rotatable bonds is 3. The van der Waals surface area contributed by atoms with E-state index in [1.807, 2.05) is 0 Å². The maximum absolute atomic E-state index is 10.6. The highest BCUT2D eigenvalue weighted by atomic mass is 16.4. The standard InChI is InChI=1S/C10H7NO5/c12-8(13)4-5-1-2-7-6(3-5)11-9(16-7)10(14)15/h1-3H,4H2,(H,12,13)(H,14,15). The number of carbonyl (C=O) groups is 2. The molecule has 0 aliphatic heterocycles. The van der Waals surface area contributed by atoms with E-state index in [2.05, 4.69) is 4.98 Å². The number of oxazole rings is 1. The number of nitrogens with zero attached hydrogens (tertiary/aromatic N) is 1. The third kappa shape index (κ3) is 1.85. The van der Waals surface area contributed by atoms with E-state index in [1.54, 1.807) is 6.07 Å². The minimum atomic E-state index is -1.25. The van der Waals surface area contributed by atoms with Crippen LogP contribution in [-0.4, -0.2) is 27.1 Å². The van der Waals surface area contributed by atoms with Crippen LogP contribution in [0.25, 0.3) is 11.1 Å². The molecule has 6 heteroatoms. The molecule has 0 saturated carbocycles. The molecule has 2 aromatic rings. The molecular formula is C10H7NO5. The van der Waals surface area contributed by atoms with E-state index in [-0.39, 0.29) is 6.42 Å². The van der Waals surface area contributed by atoms with E-state index in [0.29, 0.717) is 16.7 Å². The van der Waals surface area contributed by atoms with Gasteiger partial charge in [0.05, 0.1) is 6.42 Å². The quantitative estimate of drug-likeness (QED) is 0.806. The average molecular weight is 221 g/mol. The lowest BCUT2D eigenvalue weighted by atomic mass is 10.1. The summed E-state index contributed by atoms with van der Waals surface area (Å²) >= 11 is 0. The third-order valence-corrected chi connectivity index (χ3v) is 1.99. The zero-order chi connectivity index (χ0) is 11.7. The van der Waals surface area contributed by atoms with Gasteiger partial charge in [-0.1, -0.05) is 6.07 Å². The van der Waals surface area contributed by atoms with Crippen LogP contribution in [0, 0.1) is 0 Å². The van der Waals surface area contributed by atoms with E-state index in [4.69, 9.17) is 14.6 Å². The van der Waals surface area contributed by atoms with Crippen LogP contribution in [0.4, 0.5) is 0 Å². The molecule has 1 aromatic carbocycles. The summed E-state index contributed by atoms with van der Waals surface area (Å²) in [5.74, 6) is -2.61. The van der Waals surface area contributed by atoms with Crippen LogP contribution in [-0.2, 0) is 11.2 Å². The molecule has 1 heterocycles. The summed E-state index contributed by atoms with van der Waals surface area (Å²) in [6, 6.07) is 4.57. The SMILES string of the molecule is O=C(O)Cc1ccc2oc(C(=O)O)nc2c1. The van der Waals surface area contributed by atoms with Gasteiger partial charge < -0.3 is 14.6 Å². The number of carboxylic acid groups (broad SMARTS) is 2. The van der Waals surface area contributed by atoms with E-state index in [9.17, 15) is 9.59 Å². The van der Waals surface area contributed by atoms with Crippen molar-refractivity contribution in [3.05, 3.63) is 29.7 Å². The average Bonchev–Trinajstić information content (AvgIpc) is 2.59. The molecule has 0 saturated heterocycles. The minimum absolute atomic E-state index is 0.134. The van der Waals surface area contributed by atoms with E-state index in [0.717, 1.165) is 0 Å². The number of fused-ring (bicyclic) bond motifs is 1. The van der Waals surface area contributed by atoms with Crippen LogP contribution in [0.2, 0.25) is 0 Å². The molecule has 0 bridgehead atoms. The molecule has 0 amide bonds. The predicted octanol–water partition coefficient (Wildman–Crippen LogP) is 1.15.